The number of rotatable bonds is 4. The van der Waals surface area contributed by atoms with Crippen LogP contribution in [0.5, 0.6) is 0 Å². The highest BCUT2D eigenvalue weighted by Crippen LogP contribution is 2.22. The maximum absolute atomic E-state index is 12.8. The predicted octanol–water partition coefficient (Wildman–Crippen LogP) is 2.79. The molecule has 0 atom stereocenters. The number of hydrogen-bond acceptors (Lipinski definition) is 4. The number of H-pyrrole nitrogens is 1. The van der Waals surface area contributed by atoms with Crippen molar-refractivity contribution in [3.8, 4) is 0 Å². The van der Waals surface area contributed by atoms with Crippen molar-refractivity contribution >= 4 is 22.6 Å². The molecule has 140 valence electrons. The molecule has 0 spiro atoms. The molecule has 1 N–H and O–H groups in total. The van der Waals surface area contributed by atoms with Crippen LogP contribution in [0.1, 0.15) is 17.7 Å². The van der Waals surface area contributed by atoms with Crippen LogP contribution in [-0.4, -0.2) is 51.9 Å². The van der Waals surface area contributed by atoms with Gasteiger partial charge in [0.2, 0.25) is 5.91 Å². The molecule has 4 rings (SSSR count). The van der Waals surface area contributed by atoms with Crippen molar-refractivity contribution in [2.24, 2.45) is 0 Å². The molecule has 27 heavy (non-hydrogen) atoms. The summed E-state index contributed by atoms with van der Waals surface area (Å²) in [4.78, 5) is 27.2. The van der Waals surface area contributed by atoms with Crippen molar-refractivity contribution < 1.29 is 13.6 Å². The van der Waals surface area contributed by atoms with Gasteiger partial charge in [0.1, 0.15) is 17.8 Å². The van der Waals surface area contributed by atoms with E-state index in [4.69, 9.17) is 0 Å². The summed E-state index contributed by atoms with van der Waals surface area (Å²) in [7, 11) is 0. The monoisotopic (exact) mass is 371 g/mol. The SMILES string of the molecule is O=C(Cc1c[nH]c2ccccc12)N1CCN(c2cc(C(F)F)ncn2)CC1. The molecular weight excluding hydrogens is 352 g/mol. The Morgan fingerprint density at radius 2 is 1.93 bits per heavy atom. The zero-order chi connectivity index (χ0) is 18.8. The molecular formula is C19H19F2N5O. The number of aromatic amines is 1. The number of benzene rings is 1. The van der Waals surface area contributed by atoms with Crippen molar-refractivity contribution in [2.45, 2.75) is 12.8 Å². The summed E-state index contributed by atoms with van der Waals surface area (Å²) in [6.45, 7) is 2.18. The van der Waals surface area contributed by atoms with Gasteiger partial charge >= 0.3 is 0 Å². The van der Waals surface area contributed by atoms with Gasteiger partial charge in [-0.2, -0.15) is 0 Å². The molecule has 0 radical (unpaired) electrons. The minimum absolute atomic E-state index is 0.0651. The van der Waals surface area contributed by atoms with Gasteiger partial charge in [-0.1, -0.05) is 18.2 Å². The number of fused-ring (bicyclic) bond motifs is 1. The van der Waals surface area contributed by atoms with Crippen LogP contribution in [0.4, 0.5) is 14.6 Å². The number of carbonyl (C=O) groups is 1. The molecule has 0 saturated carbocycles. The zero-order valence-electron chi connectivity index (χ0n) is 14.6. The lowest BCUT2D eigenvalue weighted by atomic mass is 10.1. The molecule has 6 nitrogen and oxygen atoms in total. The fraction of sp³-hybridized carbons (Fsp3) is 0.316. The first-order chi connectivity index (χ1) is 13.1. The molecule has 3 aromatic rings. The largest absolute Gasteiger partial charge is 0.361 e. The van der Waals surface area contributed by atoms with E-state index in [1.807, 2.05) is 40.3 Å². The topological polar surface area (TPSA) is 65.1 Å². The number of hydrogen-bond donors (Lipinski definition) is 1. The Hall–Kier alpha value is -3.03. The van der Waals surface area contributed by atoms with Crippen LogP contribution in [0, 0.1) is 0 Å². The number of anilines is 1. The Bertz CT molecular complexity index is 950. The first-order valence-corrected chi connectivity index (χ1v) is 8.79. The number of nitrogens with zero attached hydrogens (tertiary/aromatic N) is 4. The molecule has 8 heteroatoms. The van der Waals surface area contributed by atoms with E-state index in [0.29, 0.717) is 38.4 Å². The number of aromatic nitrogens is 3. The van der Waals surface area contributed by atoms with Crippen molar-refractivity contribution in [2.75, 3.05) is 31.1 Å². The van der Waals surface area contributed by atoms with Gasteiger partial charge in [-0.3, -0.25) is 4.79 Å². The lowest BCUT2D eigenvalue weighted by molar-refractivity contribution is -0.130. The van der Waals surface area contributed by atoms with E-state index in [-0.39, 0.29) is 11.6 Å². The molecule has 1 aromatic carbocycles. The van der Waals surface area contributed by atoms with Gasteiger partial charge < -0.3 is 14.8 Å². The second-order valence-electron chi connectivity index (χ2n) is 6.51. The van der Waals surface area contributed by atoms with E-state index in [9.17, 15) is 13.6 Å². The third kappa shape index (κ3) is 3.60. The Kier molecular flexibility index (Phi) is 4.70. The van der Waals surface area contributed by atoms with Crippen LogP contribution in [-0.2, 0) is 11.2 Å². The first-order valence-electron chi connectivity index (χ1n) is 8.79. The highest BCUT2D eigenvalue weighted by molar-refractivity contribution is 5.89. The van der Waals surface area contributed by atoms with Crippen molar-refractivity contribution in [1.82, 2.24) is 19.9 Å². The molecule has 2 aromatic heterocycles. The smallest absolute Gasteiger partial charge is 0.280 e. The minimum Gasteiger partial charge on any atom is -0.361 e. The zero-order valence-corrected chi connectivity index (χ0v) is 14.6. The number of alkyl halides is 2. The molecule has 0 aliphatic carbocycles. The van der Waals surface area contributed by atoms with Crippen LogP contribution < -0.4 is 4.90 Å². The van der Waals surface area contributed by atoms with Crippen LogP contribution in [0.15, 0.2) is 42.9 Å². The van der Waals surface area contributed by atoms with Gasteiger partial charge in [-0.15, -0.1) is 0 Å². The summed E-state index contributed by atoms with van der Waals surface area (Å²) in [5.41, 5.74) is 1.72. The van der Waals surface area contributed by atoms with Crippen molar-refractivity contribution in [3.05, 3.63) is 54.1 Å². The van der Waals surface area contributed by atoms with Gasteiger partial charge in [0, 0.05) is 49.3 Å². The fourth-order valence-electron chi connectivity index (χ4n) is 3.39. The third-order valence-corrected chi connectivity index (χ3v) is 4.87. The molecule has 0 unspecified atom stereocenters. The maximum atomic E-state index is 12.8. The second-order valence-corrected chi connectivity index (χ2v) is 6.51. The lowest BCUT2D eigenvalue weighted by Crippen LogP contribution is -2.49. The fourth-order valence-corrected chi connectivity index (χ4v) is 3.39. The summed E-state index contributed by atoms with van der Waals surface area (Å²) in [5, 5.41) is 1.06. The highest BCUT2D eigenvalue weighted by atomic mass is 19.3. The quantitative estimate of drug-likeness (QED) is 0.766. The Morgan fingerprint density at radius 3 is 2.70 bits per heavy atom. The molecule has 1 aliphatic rings. The molecule has 1 saturated heterocycles. The van der Waals surface area contributed by atoms with E-state index < -0.39 is 6.43 Å². The molecule has 1 amide bonds. The summed E-state index contributed by atoms with van der Waals surface area (Å²) >= 11 is 0. The van der Waals surface area contributed by atoms with Gasteiger partial charge in [-0.25, -0.2) is 18.7 Å². The van der Waals surface area contributed by atoms with Gasteiger partial charge in [0.05, 0.1) is 6.42 Å². The standard InChI is InChI=1S/C19H19F2N5O/c20-19(21)16-10-17(24-12-23-16)25-5-7-26(8-6-25)18(27)9-13-11-22-15-4-2-1-3-14(13)15/h1-4,10-12,19,22H,5-9H2. The second kappa shape index (κ2) is 7.30. The van der Waals surface area contributed by atoms with Crippen LogP contribution >= 0.6 is 0 Å². The summed E-state index contributed by atoms with van der Waals surface area (Å²) in [6, 6.07) is 9.21. The number of nitrogens with one attached hydrogen (secondary N) is 1. The summed E-state index contributed by atoms with van der Waals surface area (Å²) < 4.78 is 25.6. The van der Waals surface area contributed by atoms with E-state index in [0.717, 1.165) is 22.8 Å². The maximum Gasteiger partial charge on any atom is 0.280 e. The minimum atomic E-state index is -2.62. The Labute approximate surface area is 154 Å². The van der Waals surface area contributed by atoms with E-state index in [1.165, 1.54) is 6.07 Å². The van der Waals surface area contributed by atoms with E-state index >= 15 is 0 Å². The van der Waals surface area contributed by atoms with E-state index in [1.54, 1.807) is 0 Å². The average molecular weight is 371 g/mol. The number of halogens is 2. The molecule has 1 fully saturated rings. The van der Waals surface area contributed by atoms with Crippen LogP contribution in [0.3, 0.4) is 0 Å². The summed E-state index contributed by atoms with van der Waals surface area (Å²) in [5.74, 6) is 0.541. The van der Waals surface area contributed by atoms with Crippen molar-refractivity contribution in [3.63, 3.8) is 0 Å². The predicted molar refractivity (Wildman–Crippen MR) is 97.8 cm³/mol. The molecule has 3 heterocycles. The normalized spacial score (nSPS) is 14.9. The Morgan fingerprint density at radius 1 is 1.15 bits per heavy atom. The van der Waals surface area contributed by atoms with Crippen LogP contribution in [0.25, 0.3) is 10.9 Å². The molecule has 0 bridgehead atoms. The highest BCUT2D eigenvalue weighted by Gasteiger charge is 2.23. The molecule has 1 aliphatic heterocycles. The number of amides is 1. The van der Waals surface area contributed by atoms with E-state index in [2.05, 4.69) is 15.0 Å². The average Bonchev–Trinajstić information content (AvgIpc) is 3.11. The number of piperazine rings is 1. The van der Waals surface area contributed by atoms with Gasteiger partial charge in [0.25, 0.3) is 6.43 Å². The number of carbonyl (C=O) groups excluding carboxylic acids is 1. The third-order valence-electron chi connectivity index (χ3n) is 4.87. The lowest BCUT2D eigenvalue weighted by Gasteiger charge is -2.35. The summed E-state index contributed by atoms with van der Waals surface area (Å²) in [6.07, 6.45) is 0.759. The van der Waals surface area contributed by atoms with Gasteiger partial charge in [-0.05, 0) is 11.6 Å². The van der Waals surface area contributed by atoms with Gasteiger partial charge in [0.15, 0.2) is 0 Å². The van der Waals surface area contributed by atoms with Crippen molar-refractivity contribution in [1.29, 1.82) is 0 Å². The first kappa shape index (κ1) is 17.4. The Balaban J connectivity index is 1.39. The number of para-hydroxylation sites is 1. The van der Waals surface area contributed by atoms with Crippen LogP contribution in [0.2, 0.25) is 0 Å².